The number of para-hydroxylation sites is 1. The first-order valence-electron chi connectivity index (χ1n) is 9.42. The van der Waals surface area contributed by atoms with Gasteiger partial charge in [0.25, 0.3) is 0 Å². The Morgan fingerprint density at radius 1 is 0.885 bits per heavy atom. The summed E-state index contributed by atoms with van der Waals surface area (Å²) in [6.07, 6.45) is 5.27. The van der Waals surface area contributed by atoms with Gasteiger partial charge in [0.2, 0.25) is 0 Å². The molecule has 5 nitrogen and oxygen atoms in total. The second kappa shape index (κ2) is 8.34. The van der Waals surface area contributed by atoms with Crippen molar-refractivity contribution in [3.8, 4) is 5.75 Å². The average molecular weight is 350 g/mol. The lowest BCUT2D eigenvalue weighted by molar-refractivity contribution is 0.120. The molecule has 2 aromatic heterocycles. The number of piperazine rings is 1. The zero-order valence-corrected chi connectivity index (χ0v) is 15.1. The predicted molar refractivity (Wildman–Crippen MR) is 103 cm³/mol. The van der Waals surface area contributed by atoms with Gasteiger partial charge in [-0.25, -0.2) is 4.98 Å². The Bertz CT molecular complexity index is 776. The van der Waals surface area contributed by atoms with E-state index in [-0.39, 0.29) is 0 Å². The summed E-state index contributed by atoms with van der Waals surface area (Å²) in [4.78, 5) is 9.74. The second-order valence-corrected chi connectivity index (χ2v) is 6.83. The maximum atomic E-state index is 5.78. The van der Waals surface area contributed by atoms with Gasteiger partial charge in [0, 0.05) is 51.7 Å². The highest BCUT2D eigenvalue weighted by molar-refractivity contribution is 5.39. The number of pyridine rings is 1. The zero-order valence-electron chi connectivity index (χ0n) is 15.1. The molecule has 0 radical (unpaired) electrons. The Hall–Kier alpha value is -2.37. The molecule has 4 rings (SSSR count). The van der Waals surface area contributed by atoms with Crippen molar-refractivity contribution in [3.05, 3.63) is 66.6 Å². The van der Waals surface area contributed by atoms with Gasteiger partial charge in [-0.2, -0.15) is 0 Å². The fourth-order valence-corrected chi connectivity index (χ4v) is 3.46. The van der Waals surface area contributed by atoms with Crippen LogP contribution in [0.15, 0.2) is 60.9 Å². The van der Waals surface area contributed by atoms with Gasteiger partial charge in [-0.1, -0.05) is 24.3 Å². The molecule has 0 aliphatic carbocycles. The first-order valence-corrected chi connectivity index (χ1v) is 9.42. The van der Waals surface area contributed by atoms with E-state index in [1.165, 1.54) is 0 Å². The molecule has 3 heterocycles. The van der Waals surface area contributed by atoms with Gasteiger partial charge in [0.15, 0.2) is 0 Å². The molecule has 136 valence electrons. The number of rotatable bonds is 7. The third-order valence-electron chi connectivity index (χ3n) is 4.90. The van der Waals surface area contributed by atoms with Crippen molar-refractivity contribution in [3.63, 3.8) is 0 Å². The maximum absolute atomic E-state index is 5.78. The van der Waals surface area contributed by atoms with Crippen LogP contribution in [0.4, 0.5) is 0 Å². The minimum absolute atomic E-state index is 0.783. The molecular formula is C21H26N4O. The van der Waals surface area contributed by atoms with Crippen LogP contribution >= 0.6 is 0 Å². The van der Waals surface area contributed by atoms with Gasteiger partial charge >= 0.3 is 0 Å². The molecule has 1 aliphatic rings. The Morgan fingerprint density at radius 3 is 2.46 bits per heavy atom. The molecule has 26 heavy (non-hydrogen) atoms. The average Bonchev–Trinajstić information content (AvgIpc) is 3.10. The molecule has 1 saturated heterocycles. The first kappa shape index (κ1) is 17.1. The summed E-state index contributed by atoms with van der Waals surface area (Å²) in [7, 11) is 0. The minimum atomic E-state index is 0.783. The lowest BCUT2D eigenvalue weighted by atomic mass is 10.2. The van der Waals surface area contributed by atoms with E-state index in [2.05, 4.69) is 32.7 Å². The van der Waals surface area contributed by atoms with Crippen molar-refractivity contribution < 1.29 is 4.74 Å². The highest BCUT2D eigenvalue weighted by Gasteiger charge is 2.17. The van der Waals surface area contributed by atoms with Crippen molar-refractivity contribution in [2.24, 2.45) is 0 Å². The molecule has 0 amide bonds. The van der Waals surface area contributed by atoms with Crippen LogP contribution in [0.25, 0.3) is 5.65 Å². The third kappa shape index (κ3) is 4.42. The largest absolute Gasteiger partial charge is 0.494 e. The molecule has 0 spiro atoms. The third-order valence-corrected chi connectivity index (χ3v) is 4.90. The standard InChI is InChI=1S/C21H26N4O/c1-2-7-20(8-3-1)26-16-6-10-23-12-14-24(15-13-23)17-19-18-25-11-5-4-9-21(25)22-19/h1-5,7-9,11,18H,6,10,12-17H2. The van der Waals surface area contributed by atoms with Crippen molar-refractivity contribution >= 4 is 5.65 Å². The zero-order chi connectivity index (χ0) is 17.6. The summed E-state index contributed by atoms with van der Waals surface area (Å²) in [6, 6.07) is 16.2. The van der Waals surface area contributed by atoms with Crippen LogP contribution in [0.2, 0.25) is 0 Å². The summed E-state index contributed by atoms with van der Waals surface area (Å²) >= 11 is 0. The number of benzene rings is 1. The van der Waals surface area contributed by atoms with E-state index < -0.39 is 0 Å². The van der Waals surface area contributed by atoms with E-state index in [1.54, 1.807) is 0 Å². The molecule has 3 aromatic rings. The maximum Gasteiger partial charge on any atom is 0.137 e. The van der Waals surface area contributed by atoms with Crippen LogP contribution in [0.1, 0.15) is 12.1 Å². The molecule has 1 aliphatic heterocycles. The molecule has 1 aromatic carbocycles. The van der Waals surface area contributed by atoms with Gasteiger partial charge in [-0.3, -0.25) is 4.90 Å². The Labute approximate surface area is 154 Å². The Balaban J connectivity index is 1.17. The Kier molecular flexibility index (Phi) is 5.47. The van der Waals surface area contributed by atoms with Gasteiger partial charge in [-0.15, -0.1) is 0 Å². The number of ether oxygens (including phenoxy) is 1. The Morgan fingerprint density at radius 2 is 1.65 bits per heavy atom. The van der Waals surface area contributed by atoms with Crippen molar-refractivity contribution in [1.29, 1.82) is 0 Å². The molecule has 0 N–H and O–H groups in total. The normalized spacial score (nSPS) is 16.2. The lowest BCUT2D eigenvalue weighted by Crippen LogP contribution is -2.46. The van der Waals surface area contributed by atoms with Gasteiger partial charge < -0.3 is 14.0 Å². The van der Waals surface area contributed by atoms with Crippen molar-refractivity contribution in [2.45, 2.75) is 13.0 Å². The quantitative estimate of drug-likeness (QED) is 0.614. The topological polar surface area (TPSA) is 33.0 Å². The number of hydrogen-bond acceptors (Lipinski definition) is 4. The van der Waals surface area contributed by atoms with Crippen molar-refractivity contribution in [1.82, 2.24) is 19.2 Å². The van der Waals surface area contributed by atoms with E-state index in [0.717, 1.165) is 69.4 Å². The van der Waals surface area contributed by atoms with E-state index >= 15 is 0 Å². The van der Waals surface area contributed by atoms with Crippen LogP contribution in [-0.2, 0) is 6.54 Å². The lowest BCUT2D eigenvalue weighted by Gasteiger charge is -2.34. The molecular weight excluding hydrogens is 324 g/mol. The summed E-state index contributed by atoms with van der Waals surface area (Å²) in [5.74, 6) is 0.963. The van der Waals surface area contributed by atoms with Crippen LogP contribution in [0, 0.1) is 0 Å². The number of hydrogen-bond donors (Lipinski definition) is 0. The molecule has 1 fully saturated rings. The van der Waals surface area contributed by atoms with Crippen LogP contribution in [0.5, 0.6) is 5.75 Å². The highest BCUT2D eigenvalue weighted by atomic mass is 16.5. The predicted octanol–water partition coefficient (Wildman–Crippen LogP) is 2.92. The summed E-state index contributed by atoms with van der Waals surface area (Å²) in [5.41, 5.74) is 2.18. The monoisotopic (exact) mass is 350 g/mol. The SMILES string of the molecule is c1ccc(OCCCN2CCN(Cc3cn4ccccc4n3)CC2)cc1. The van der Waals surface area contributed by atoms with Gasteiger partial charge in [0.1, 0.15) is 11.4 Å². The number of nitrogens with zero attached hydrogens (tertiary/aromatic N) is 4. The first-order chi connectivity index (χ1) is 12.9. The smallest absolute Gasteiger partial charge is 0.137 e. The highest BCUT2D eigenvalue weighted by Crippen LogP contribution is 2.11. The second-order valence-electron chi connectivity index (χ2n) is 6.83. The molecule has 5 heteroatoms. The molecule has 0 unspecified atom stereocenters. The van der Waals surface area contributed by atoms with Gasteiger partial charge in [-0.05, 0) is 30.7 Å². The summed E-state index contributed by atoms with van der Waals surface area (Å²) in [5, 5.41) is 0. The van der Waals surface area contributed by atoms with Crippen LogP contribution < -0.4 is 4.74 Å². The number of aromatic nitrogens is 2. The molecule has 0 atom stereocenters. The van der Waals surface area contributed by atoms with E-state index in [9.17, 15) is 0 Å². The van der Waals surface area contributed by atoms with E-state index in [4.69, 9.17) is 9.72 Å². The van der Waals surface area contributed by atoms with Crippen molar-refractivity contribution in [2.75, 3.05) is 39.3 Å². The molecule has 0 bridgehead atoms. The van der Waals surface area contributed by atoms with Crippen LogP contribution in [-0.4, -0.2) is 58.5 Å². The summed E-state index contributed by atoms with van der Waals surface area (Å²) < 4.78 is 7.87. The van der Waals surface area contributed by atoms with E-state index in [1.807, 2.05) is 42.5 Å². The van der Waals surface area contributed by atoms with Crippen LogP contribution in [0.3, 0.4) is 0 Å². The number of fused-ring (bicyclic) bond motifs is 1. The fourth-order valence-electron chi connectivity index (χ4n) is 3.46. The number of imidazole rings is 1. The van der Waals surface area contributed by atoms with E-state index in [0.29, 0.717) is 0 Å². The van der Waals surface area contributed by atoms with Gasteiger partial charge in [0.05, 0.1) is 12.3 Å². The summed E-state index contributed by atoms with van der Waals surface area (Å²) in [6.45, 7) is 7.28. The minimum Gasteiger partial charge on any atom is -0.494 e. The molecule has 0 saturated carbocycles. The fraction of sp³-hybridized carbons (Fsp3) is 0.381.